The van der Waals surface area contributed by atoms with Crippen LogP contribution in [0.2, 0.25) is 0 Å². The average molecular weight is 294 g/mol. The molecular formula is C18H31NS. The Kier molecular flexibility index (Phi) is 9.04. The molecule has 1 aromatic carbocycles. The summed E-state index contributed by atoms with van der Waals surface area (Å²) in [5.41, 5.74) is 4.21. The van der Waals surface area contributed by atoms with Crippen molar-refractivity contribution in [1.29, 1.82) is 0 Å². The lowest BCUT2D eigenvalue weighted by molar-refractivity contribution is 0.576. The van der Waals surface area contributed by atoms with Gasteiger partial charge >= 0.3 is 0 Å². The third-order valence-corrected chi connectivity index (χ3v) is 4.61. The Labute approximate surface area is 129 Å². The summed E-state index contributed by atoms with van der Waals surface area (Å²) in [6.45, 7) is 10.0. The Morgan fingerprint density at radius 1 is 1.00 bits per heavy atom. The van der Waals surface area contributed by atoms with E-state index in [0.717, 1.165) is 6.54 Å². The second-order valence-corrected chi connectivity index (χ2v) is 6.86. The third kappa shape index (κ3) is 6.81. The normalized spacial score (nSPS) is 12.6. The van der Waals surface area contributed by atoms with Gasteiger partial charge in [0.05, 0.1) is 0 Å². The SMILES string of the molecule is CCCCCSCC(NCCC)c1cc(C)cc(C)c1. The second-order valence-electron chi connectivity index (χ2n) is 5.71. The summed E-state index contributed by atoms with van der Waals surface area (Å²) in [5, 5.41) is 3.71. The van der Waals surface area contributed by atoms with Gasteiger partial charge in [-0.25, -0.2) is 0 Å². The molecule has 0 saturated carbocycles. The molecule has 2 heteroatoms. The van der Waals surface area contributed by atoms with Gasteiger partial charge in [0.1, 0.15) is 0 Å². The molecule has 0 aliphatic rings. The Hall–Kier alpha value is -0.470. The lowest BCUT2D eigenvalue weighted by Crippen LogP contribution is -2.24. The lowest BCUT2D eigenvalue weighted by atomic mass is 10.0. The van der Waals surface area contributed by atoms with Crippen LogP contribution in [0.15, 0.2) is 18.2 Å². The van der Waals surface area contributed by atoms with Crippen LogP contribution in [0, 0.1) is 13.8 Å². The zero-order valence-electron chi connectivity index (χ0n) is 13.7. The van der Waals surface area contributed by atoms with Crippen molar-refractivity contribution in [3.05, 3.63) is 34.9 Å². The minimum atomic E-state index is 0.500. The van der Waals surface area contributed by atoms with E-state index in [1.165, 1.54) is 53.9 Å². The average Bonchev–Trinajstić information content (AvgIpc) is 2.40. The highest BCUT2D eigenvalue weighted by molar-refractivity contribution is 7.99. The largest absolute Gasteiger partial charge is 0.309 e. The van der Waals surface area contributed by atoms with Gasteiger partial charge < -0.3 is 5.32 Å². The number of thioether (sulfide) groups is 1. The summed E-state index contributed by atoms with van der Waals surface area (Å²) >= 11 is 2.10. The predicted octanol–water partition coefficient (Wildman–Crippen LogP) is 5.27. The Bertz CT molecular complexity index is 355. The highest BCUT2D eigenvalue weighted by atomic mass is 32.2. The number of nitrogens with one attached hydrogen (secondary N) is 1. The molecule has 20 heavy (non-hydrogen) atoms. The van der Waals surface area contributed by atoms with Crippen LogP contribution in [0.3, 0.4) is 0 Å². The maximum atomic E-state index is 3.71. The summed E-state index contributed by atoms with van der Waals surface area (Å²) in [6.07, 6.45) is 5.23. The lowest BCUT2D eigenvalue weighted by Gasteiger charge is -2.20. The first kappa shape index (κ1) is 17.6. The molecule has 0 radical (unpaired) electrons. The topological polar surface area (TPSA) is 12.0 Å². The van der Waals surface area contributed by atoms with Crippen LogP contribution in [0.1, 0.15) is 62.3 Å². The first-order valence-corrected chi connectivity index (χ1v) is 9.22. The van der Waals surface area contributed by atoms with Gasteiger partial charge in [-0.2, -0.15) is 11.8 Å². The molecule has 1 rings (SSSR count). The van der Waals surface area contributed by atoms with Gasteiger partial charge in [0, 0.05) is 11.8 Å². The van der Waals surface area contributed by atoms with Crippen LogP contribution >= 0.6 is 11.8 Å². The zero-order valence-corrected chi connectivity index (χ0v) is 14.5. The summed E-state index contributed by atoms with van der Waals surface area (Å²) < 4.78 is 0. The molecule has 0 aromatic heterocycles. The van der Waals surface area contributed by atoms with E-state index in [0.29, 0.717) is 6.04 Å². The monoisotopic (exact) mass is 293 g/mol. The fraction of sp³-hybridized carbons (Fsp3) is 0.667. The van der Waals surface area contributed by atoms with Crippen molar-refractivity contribution in [2.75, 3.05) is 18.1 Å². The van der Waals surface area contributed by atoms with Crippen molar-refractivity contribution in [2.24, 2.45) is 0 Å². The number of aryl methyl sites for hydroxylation is 2. The Balaban J connectivity index is 2.58. The molecule has 114 valence electrons. The van der Waals surface area contributed by atoms with E-state index in [-0.39, 0.29) is 0 Å². The van der Waals surface area contributed by atoms with E-state index in [2.05, 4.69) is 63.0 Å². The highest BCUT2D eigenvalue weighted by Crippen LogP contribution is 2.22. The van der Waals surface area contributed by atoms with Crippen LogP contribution in [-0.4, -0.2) is 18.1 Å². The van der Waals surface area contributed by atoms with Crippen molar-refractivity contribution in [1.82, 2.24) is 5.32 Å². The number of unbranched alkanes of at least 4 members (excludes halogenated alkanes) is 2. The van der Waals surface area contributed by atoms with Gasteiger partial charge in [-0.1, -0.05) is 56.0 Å². The van der Waals surface area contributed by atoms with Crippen LogP contribution in [0.25, 0.3) is 0 Å². The van der Waals surface area contributed by atoms with E-state index >= 15 is 0 Å². The van der Waals surface area contributed by atoms with Gasteiger partial charge in [0.15, 0.2) is 0 Å². The van der Waals surface area contributed by atoms with Crippen LogP contribution < -0.4 is 5.32 Å². The molecule has 0 saturated heterocycles. The minimum absolute atomic E-state index is 0.500. The number of rotatable bonds is 10. The summed E-state index contributed by atoms with van der Waals surface area (Å²) in [7, 11) is 0. The maximum Gasteiger partial charge on any atom is 0.0412 e. The number of benzene rings is 1. The molecule has 0 bridgehead atoms. The van der Waals surface area contributed by atoms with Crippen molar-refractivity contribution >= 4 is 11.8 Å². The van der Waals surface area contributed by atoms with Crippen molar-refractivity contribution in [3.8, 4) is 0 Å². The third-order valence-electron chi connectivity index (χ3n) is 3.46. The molecule has 1 N–H and O–H groups in total. The van der Waals surface area contributed by atoms with E-state index < -0.39 is 0 Å². The molecule has 1 atom stereocenters. The Morgan fingerprint density at radius 3 is 2.30 bits per heavy atom. The zero-order chi connectivity index (χ0) is 14.8. The number of hydrogen-bond acceptors (Lipinski definition) is 2. The number of hydrogen-bond donors (Lipinski definition) is 1. The first-order chi connectivity index (χ1) is 9.67. The van der Waals surface area contributed by atoms with Gasteiger partial charge in [-0.3, -0.25) is 0 Å². The molecule has 0 aliphatic carbocycles. The molecule has 0 fully saturated rings. The Morgan fingerprint density at radius 2 is 1.70 bits per heavy atom. The first-order valence-electron chi connectivity index (χ1n) is 8.06. The quantitative estimate of drug-likeness (QED) is 0.590. The molecule has 1 unspecified atom stereocenters. The van der Waals surface area contributed by atoms with Crippen molar-refractivity contribution in [2.45, 2.75) is 59.4 Å². The fourth-order valence-corrected chi connectivity index (χ4v) is 3.58. The fourth-order valence-electron chi connectivity index (χ4n) is 2.46. The molecular weight excluding hydrogens is 262 g/mol. The van der Waals surface area contributed by atoms with Gasteiger partial charge in [0.2, 0.25) is 0 Å². The minimum Gasteiger partial charge on any atom is -0.309 e. The summed E-state index contributed by atoms with van der Waals surface area (Å²) in [5.74, 6) is 2.48. The second kappa shape index (κ2) is 10.3. The van der Waals surface area contributed by atoms with E-state index in [1.807, 2.05) is 0 Å². The van der Waals surface area contributed by atoms with Crippen LogP contribution in [0.5, 0.6) is 0 Å². The summed E-state index contributed by atoms with van der Waals surface area (Å²) in [4.78, 5) is 0. The highest BCUT2D eigenvalue weighted by Gasteiger charge is 2.11. The molecule has 0 heterocycles. The summed E-state index contributed by atoms with van der Waals surface area (Å²) in [6, 6.07) is 7.44. The molecule has 0 aliphatic heterocycles. The molecule has 1 nitrogen and oxygen atoms in total. The van der Waals surface area contributed by atoms with Crippen molar-refractivity contribution < 1.29 is 0 Å². The van der Waals surface area contributed by atoms with E-state index in [1.54, 1.807) is 0 Å². The van der Waals surface area contributed by atoms with Crippen LogP contribution in [0.4, 0.5) is 0 Å². The van der Waals surface area contributed by atoms with Gasteiger partial charge in [-0.05, 0) is 44.6 Å². The van der Waals surface area contributed by atoms with E-state index in [9.17, 15) is 0 Å². The van der Waals surface area contributed by atoms with Crippen molar-refractivity contribution in [3.63, 3.8) is 0 Å². The molecule has 0 amide bonds. The van der Waals surface area contributed by atoms with Gasteiger partial charge in [-0.15, -0.1) is 0 Å². The molecule has 1 aromatic rings. The van der Waals surface area contributed by atoms with E-state index in [4.69, 9.17) is 0 Å². The predicted molar refractivity (Wildman–Crippen MR) is 93.8 cm³/mol. The standard InChI is InChI=1S/C18H31NS/c1-5-7-8-10-20-14-18(19-9-6-2)17-12-15(3)11-16(4)13-17/h11-13,18-19H,5-10,14H2,1-4H3. The van der Waals surface area contributed by atoms with Crippen LogP contribution in [-0.2, 0) is 0 Å². The maximum absolute atomic E-state index is 3.71. The smallest absolute Gasteiger partial charge is 0.0412 e. The molecule has 0 spiro atoms. The van der Waals surface area contributed by atoms with Gasteiger partial charge in [0.25, 0.3) is 0 Å².